The van der Waals surface area contributed by atoms with E-state index in [0.29, 0.717) is 22.6 Å². The highest BCUT2D eigenvalue weighted by atomic mass is 35.5. The molecule has 0 aliphatic carbocycles. The fourth-order valence-corrected chi connectivity index (χ4v) is 3.66. The summed E-state index contributed by atoms with van der Waals surface area (Å²) in [4.78, 5) is 23.2. The quantitative estimate of drug-likeness (QED) is 0.474. The van der Waals surface area contributed by atoms with Crippen LogP contribution in [-0.4, -0.2) is 54.9 Å². The van der Waals surface area contributed by atoms with Gasteiger partial charge in [-0.25, -0.2) is 0 Å². The van der Waals surface area contributed by atoms with Crippen LogP contribution in [0.3, 0.4) is 0 Å². The maximum absolute atomic E-state index is 12.4. The van der Waals surface area contributed by atoms with Crippen molar-refractivity contribution in [1.29, 1.82) is 0 Å². The number of halogens is 1. The van der Waals surface area contributed by atoms with Gasteiger partial charge in [-0.2, -0.15) is 0 Å². The van der Waals surface area contributed by atoms with Crippen LogP contribution in [0.25, 0.3) is 5.70 Å². The van der Waals surface area contributed by atoms with Crippen molar-refractivity contribution in [2.24, 2.45) is 10.7 Å². The number of pyridine rings is 1. The third-order valence-electron chi connectivity index (χ3n) is 5.27. The molecule has 1 aromatic heterocycles. The minimum atomic E-state index is -0.214. The molecule has 1 amide bonds. The number of amidine groups is 1. The number of amides is 1. The van der Waals surface area contributed by atoms with Crippen molar-refractivity contribution < 1.29 is 4.79 Å². The summed E-state index contributed by atoms with van der Waals surface area (Å²) in [5.41, 5.74) is 9.20. The van der Waals surface area contributed by atoms with Gasteiger partial charge < -0.3 is 21.3 Å². The Morgan fingerprint density at radius 3 is 2.77 bits per heavy atom. The Hall–Kier alpha value is -2.90. The molecule has 1 aromatic carbocycles. The molecule has 164 valence electrons. The zero-order valence-corrected chi connectivity index (χ0v) is 18.7. The van der Waals surface area contributed by atoms with Gasteiger partial charge in [0.2, 0.25) is 5.91 Å². The van der Waals surface area contributed by atoms with E-state index in [1.54, 1.807) is 31.6 Å². The van der Waals surface area contributed by atoms with Gasteiger partial charge in [-0.1, -0.05) is 29.8 Å². The van der Waals surface area contributed by atoms with E-state index < -0.39 is 0 Å². The van der Waals surface area contributed by atoms with Gasteiger partial charge in [0.15, 0.2) is 0 Å². The summed E-state index contributed by atoms with van der Waals surface area (Å²) in [5, 5.41) is 6.89. The van der Waals surface area contributed by atoms with E-state index in [0.717, 1.165) is 42.7 Å². The smallest absolute Gasteiger partial charge is 0.229 e. The molecule has 0 bridgehead atoms. The molecule has 2 aromatic rings. The Bertz CT molecular complexity index is 966. The average molecular weight is 441 g/mol. The topological polar surface area (TPSA) is 95.6 Å². The van der Waals surface area contributed by atoms with Crippen LogP contribution >= 0.6 is 11.6 Å². The summed E-state index contributed by atoms with van der Waals surface area (Å²) in [5.74, 6) is 0.164. The molecule has 1 aliphatic rings. The molecule has 4 N–H and O–H groups in total. The Kier molecular flexibility index (Phi) is 8.03. The number of benzene rings is 1. The number of hydrogen-bond donors (Lipinski definition) is 3. The maximum Gasteiger partial charge on any atom is 0.229 e. The van der Waals surface area contributed by atoms with Crippen molar-refractivity contribution in [1.82, 2.24) is 15.2 Å². The van der Waals surface area contributed by atoms with E-state index >= 15 is 0 Å². The highest BCUT2D eigenvalue weighted by Crippen LogP contribution is 2.19. The summed E-state index contributed by atoms with van der Waals surface area (Å²) in [6, 6.07) is 9.65. The van der Waals surface area contributed by atoms with Crippen molar-refractivity contribution >= 4 is 34.7 Å². The molecule has 31 heavy (non-hydrogen) atoms. The highest BCUT2D eigenvalue weighted by Gasteiger charge is 2.16. The molecule has 0 spiro atoms. The normalized spacial score (nSPS) is 16.2. The number of carbonyl (C=O) groups is 1. The lowest BCUT2D eigenvalue weighted by Crippen LogP contribution is -2.36. The molecule has 0 unspecified atom stereocenters. The second-order valence-corrected chi connectivity index (χ2v) is 8.12. The lowest BCUT2D eigenvalue weighted by molar-refractivity contribution is -0.119. The molecule has 8 heteroatoms. The van der Waals surface area contributed by atoms with Crippen molar-refractivity contribution in [3.8, 4) is 0 Å². The van der Waals surface area contributed by atoms with E-state index in [1.807, 2.05) is 24.3 Å². The number of nitrogens with zero attached hydrogens (tertiary/aromatic N) is 3. The van der Waals surface area contributed by atoms with E-state index in [1.165, 1.54) is 0 Å². The predicted molar refractivity (Wildman–Crippen MR) is 127 cm³/mol. The summed E-state index contributed by atoms with van der Waals surface area (Å²) in [7, 11) is 3.75. The number of aliphatic imine (C=N–C) groups is 1. The van der Waals surface area contributed by atoms with Crippen LogP contribution in [0.5, 0.6) is 0 Å². The first-order valence-corrected chi connectivity index (χ1v) is 10.7. The lowest BCUT2D eigenvalue weighted by atomic mass is 10.1. The molecule has 1 fully saturated rings. The van der Waals surface area contributed by atoms with Gasteiger partial charge in [0.05, 0.1) is 12.1 Å². The number of carbonyl (C=O) groups excluding carboxylic acids is 1. The number of piperidine rings is 1. The van der Waals surface area contributed by atoms with E-state index in [4.69, 9.17) is 17.3 Å². The van der Waals surface area contributed by atoms with Crippen molar-refractivity contribution in [2.45, 2.75) is 25.3 Å². The number of likely N-dealkylation sites (tertiary alicyclic amines) is 1. The first-order valence-electron chi connectivity index (χ1n) is 10.3. The van der Waals surface area contributed by atoms with Crippen molar-refractivity contribution in [2.75, 3.05) is 32.5 Å². The zero-order chi connectivity index (χ0) is 22.2. The molecule has 2 heterocycles. The van der Waals surface area contributed by atoms with Crippen molar-refractivity contribution in [3.63, 3.8) is 0 Å². The van der Waals surface area contributed by atoms with Crippen molar-refractivity contribution in [3.05, 3.63) is 65.0 Å². The second-order valence-electron chi connectivity index (χ2n) is 7.71. The van der Waals surface area contributed by atoms with Gasteiger partial charge >= 0.3 is 0 Å². The summed E-state index contributed by atoms with van der Waals surface area (Å²) < 4.78 is 0. The molecule has 0 atom stereocenters. The number of rotatable bonds is 6. The van der Waals surface area contributed by atoms with E-state index in [2.05, 4.69) is 32.6 Å². The van der Waals surface area contributed by atoms with Crippen LogP contribution in [0.15, 0.2) is 53.8 Å². The number of anilines is 1. The van der Waals surface area contributed by atoms with E-state index in [9.17, 15) is 4.79 Å². The predicted octanol–water partition coefficient (Wildman–Crippen LogP) is 2.93. The fourth-order valence-electron chi connectivity index (χ4n) is 3.45. The minimum absolute atomic E-state index is 0.157. The highest BCUT2D eigenvalue weighted by molar-refractivity contribution is 6.31. The first kappa shape index (κ1) is 22.8. The molecule has 1 aliphatic heterocycles. The minimum Gasteiger partial charge on any atom is -0.398 e. The van der Waals surface area contributed by atoms with Gasteiger partial charge in [-0.05, 0) is 50.7 Å². The van der Waals surface area contributed by atoms with Crippen LogP contribution in [0.4, 0.5) is 5.69 Å². The molecule has 0 radical (unpaired) electrons. The summed E-state index contributed by atoms with van der Waals surface area (Å²) in [6.45, 7) is 2.16. The Labute approximate surface area is 188 Å². The SMILES string of the molecule is CN=C(/C=C(\N)c1cncc(NC2CCN(C)CC2)c1)NC(=O)Cc1ccccc1Cl. The Morgan fingerprint density at radius 1 is 1.32 bits per heavy atom. The standard InChI is InChI=1S/C23H29ClN6O/c1-26-22(29-23(31)12-16-5-3-4-6-20(16)24)13-21(25)17-11-19(15-27-14-17)28-18-7-9-30(2)10-8-18/h3-6,11,13-15,18,28H,7-10,12,25H2,1-2H3,(H,26,29,31)/b21-13-. The van der Waals surface area contributed by atoms with Crippen LogP contribution in [0.2, 0.25) is 5.02 Å². The summed E-state index contributed by atoms with van der Waals surface area (Å²) >= 11 is 6.14. The van der Waals surface area contributed by atoms with Gasteiger partial charge in [0.25, 0.3) is 0 Å². The number of nitrogens with one attached hydrogen (secondary N) is 2. The fraction of sp³-hybridized carbons (Fsp3) is 0.348. The summed E-state index contributed by atoms with van der Waals surface area (Å²) in [6.07, 6.45) is 7.48. The van der Waals surface area contributed by atoms with Crippen LogP contribution in [0, 0.1) is 0 Å². The Morgan fingerprint density at radius 2 is 2.06 bits per heavy atom. The van der Waals surface area contributed by atoms with E-state index in [-0.39, 0.29) is 12.3 Å². The largest absolute Gasteiger partial charge is 0.398 e. The lowest BCUT2D eigenvalue weighted by Gasteiger charge is -2.30. The first-order chi connectivity index (χ1) is 14.9. The third-order valence-corrected chi connectivity index (χ3v) is 5.64. The average Bonchev–Trinajstić information content (AvgIpc) is 2.76. The number of nitrogens with two attached hydrogens (primary N) is 1. The van der Waals surface area contributed by atoms with Crippen LogP contribution in [0.1, 0.15) is 24.0 Å². The molecule has 7 nitrogen and oxygen atoms in total. The van der Waals surface area contributed by atoms with Crippen LogP contribution < -0.4 is 16.4 Å². The van der Waals surface area contributed by atoms with Gasteiger partial charge in [-0.15, -0.1) is 0 Å². The van der Waals surface area contributed by atoms with Gasteiger partial charge in [0.1, 0.15) is 5.84 Å². The van der Waals surface area contributed by atoms with Gasteiger partial charge in [-0.3, -0.25) is 14.8 Å². The monoisotopic (exact) mass is 440 g/mol. The molecular weight excluding hydrogens is 412 g/mol. The Balaban J connectivity index is 1.63. The molecule has 3 rings (SSSR count). The number of aromatic nitrogens is 1. The van der Waals surface area contributed by atoms with Gasteiger partial charge in [0, 0.05) is 47.8 Å². The molecule has 1 saturated heterocycles. The number of hydrogen-bond acceptors (Lipinski definition) is 6. The zero-order valence-electron chi connectivity index (χ0n) is 17.9. The maximum atomic E-state index is 12.4. The molecule has 0 saturated carbocycles. The second kappa shape index (κ2) is 10.9. The third kappa shape index (κ3) is 6.80. The van der Waals surface area contributed by atoms with Crippen LogP contribution in [-0.2, 0) is 11.2 Å². The molecular formula is C23H29ClN6O.